The molecule has 0 atom stereocenters. The van der Waals surface area contributed by atoms with Gasteiger partial charge >= 0.3 is 0 Å². The molecule has 3 aliphatic heterocycles. The Hall–Kier alpha value is -2.75. The fourth-order valence-corrected chi connectivity index (χ4v) is 5.11. The van der Waals surface area contributed by atoms with Gasteiger partial charge in [0.1, 0.15) is 17.8 Å². The van der Waals surface area contributed by atoms with Crippen LogP contribution in [0.15, 0.2) is 40.8 Å². The Morgan fingerprint density at radius 1 is 1.03 bits per heavy atom. The van der Waals surface area contributed by atoms with Crippen molar-refractivity contribution in [2.45, 2.75) is 32.6 Å². The van der Waals surface area contributed by atoms with Gasteiger partial charge in [0.25, 0.3) is 0 Å². The molecule has 33 heavy (non-hydrogen) atoms. The Morgan fingerprint density at radius 2 is 1.73 bits per heavy atom. The van der Waals surface area contributed by atoms with Gasteiger partial charge in [-0.05, 0) is 50.3 Å². The largest absolute Gasteiger partial charge is 0.452 e. The highest BCUT2D eigenvalue weighted by molar-refractivity contribution is 5.97. The number of nitrogens with one attached hydrogen (secondary N) is 1. The lowest BCUT2D eigenvalue weighted by atomic mass is 9.91. The third-order valence-corrected chi connectivity index (χ3v) is 6.25. The monoisotopic (exact) mass is 469 g/mol. The summed E-state index contributed by atoms with van der Waals surface area (Å²) >= 11 is 0. The molecule has 1 aliphatic carbocycles. The van der Waals surface area contributed by atoms with Gasteiger partial charge in [0, 0.05) is 29.7 Å². The average molecular weight is 470 g/mol. The van der Waals surface area contributed by atoms with Crippen LogP contribution in [0.4, 0.5) is 5.69 Å². The minimum absolute atomic E-state index is 0.867. The molecule has 0 amide bonds. The Bertz CT molecular complexity index is 1370. The lowest BCUT2D eigenvalue weighted by molar-refractivity contribution is -2.00. The highest BCUT2D eigenvalue weighted by atomic mass is 35.7. The summed E-state index contributed by atoms with van der Waals surface area (Å²) < 4.78 is 40.6. The Morgan fingerprint density at radius 3 is 2.45 bits per heavy atom. The predicted molar refractivity (Wildman–Crippen MR) is 112 cm³/mol. The second-order valence-corrected chi connectivity index (χ2v) is 9.10. The number of benzene rings is 3. The molecule has 2 aromatic rings. The number of hydrogen-bond acceptors (Lipinski definition) is 7. The summed E-state index contributed by atoms with van der Waals surface area (Å²) in [6.45, 7) is 5.34. The van der Waals surface area contributed by atoms with Crippen molar-refractivity contribution >= 4 is 27.6 Å². The van der Waals surface area contributed by atoms with E-state index in [9.17, 15) is 0 Å². The van der Waals surface area contributed by atoms with Gasteiger partial charge in [0.05, 0.1) is 11.5 Å². The molecule has 6 rings (SSSR count). The van der Waals surface area contributed by atoms with Crippen molar-refractivity contribution in [2.24, 2.45) is 0 Å². The Labute approximate surface area is 192 Å². The summed E-state index contributed by atoms with van der Waals surface area (Å²) in [5, 5.41) is 3.46. The van der Waals surface area contributed by atoms with Crippen molar-refractivity contribution < 1.29 is 38.3 Å². The average Bonchev–Trinajstić information content (AvgIpc) is 2.78. The maximum absolute atomic E-state index is 8.49. The smallest absolute Gasteiger partial charge is 0.210 e. The number of nitrogens with zero attached hydrogens (tertiary/aromatic N) is 2. The fourth-order valence-electron chi connectivity index (χ4n) is 5.11. The van der Waals surface area contributed by atoms with Crippen LogP contribution in [0.5, 0.6) is 0 Å². The van der Waals surface area contributed by atoms with E-state index in [1.54, 1.807) is 0 Å². The molecule has 9 heteroatoms. The molecule has 0 saturated carbocycles. The Kier molecular flexibility index (Phi) is 5.72. The zero-order chi connectivity index (χ0) is 23.2. The molecule has 0 bridgehead atoms. The van der Waals surface area contributed by atoms with Gasteiger partial charge in [-0.25, -0.2) is 28.6 Å². The van der Waals surface area contributed by atoms with E-state index in [-0.39, 0.29) is 0 Å². The van der Waals surface area contributed by atoms with E-state index in [1.165, 1.54) is 48.1 Å². The molecule has 0 unspecified atom stereocenters. The summed E-state index contributed by atoms with van der Waals surface area (Å²) in [5.74, 6) is 0.867. The number of anilines is 1. The molecular weight excluding hydrogens is 446 g/mol. The summed E-state index contributed by atoms with van der Waals surface area (Å²) in [6, 6.07) is 12.9. The van der Waals surface area contributed by atoms with Gasteiger partial charge in [-0.1, -0.05) is 18.2 Å². The van der Waals surface area contributed by atoms with Crippen LogP contribution in [0.25, 0.3) is 33.3 Å². The van der Waals surface area contributed by atoms with Gasteiger partial charge in [0.2, 0.25) is 5.36 Å². The molecule has 0 spiro atoms. The van der Waals surface area contributed by atoms with Crippen molar-refractivity contribution in [3.05, 3.63) is 52.9 Å². The van der Waals surface area contributed by atoms with Crippen LogP contribution in [0, 0.1) is 10.2 Å². The zero-order valence-corrected chi connectivity index (χ0v) is 19.0. The second kappa shape index (κ2) is 8.55. The third-order valence-electron chi connectivity index (χ3n) is 6.25. The van der Waals surface area contributed by atoms with E-state index < -0.39 is 10.2 Å². The summed E-state index contributed by atoms with van der Waals surface area (Å²) in [6.07, 6.45) is 4.66. The van der Waals surface area contributed by atoms with E-state index in [4.69, 9.17) is 28.0 Å². The molecule has 0 saturated heterocycles. The SMILES string of the molecule is CC[NH+]=c1cc2oc3c4c5c(cc3nc-2c2ccccc12)CCCN5CCC4.[O-][Cl+3]([O-])([O-])[O-]. The van der Waals surface area contributed by atoms with Crippen LogP contribution in [-0.2, 0) is 12.8 Å². The first-order valence-electron chi connectivity index (χ1n) is 11.1. The van der Waals surface area contributed by atoms with Crippen LogP contribution in [-0.4, -0.2) is 24.6 Å². The first-order chi connectivity index (χ1) is 15.8. The maximum Gasteiger partial charge on any atom is 0.210 e. The number of aryl methyl sites for hydroxylation is 2. The van der Waals surface area contributed by atoms with E-state index in [1.807, 2.05) is 0 Å². The molecule has 0 radical (unpaired) electrons. The topological polar surface area (TPSA) is 135 Å². The van der Waals surface area contributed by atoms with Crippen molar-refractivity contribution in [3.8, 4) is 11.5 Å². The van der Waals surface area contributed by atoms with Gasteiger partial charge in [0.15, 0.2) is 11.3 Å². The summed E-state index contributed by atoms with van der Waals surface area (Å²) in [5.41, 5.74) is 7.19. The lowest BCUT2D eigenvalue weighted by Gasteiger charge is -2.37. The van der Waals surface area contributed by atoms with Gasteiger partial charge in [-0.15, -0.1) is 10.2 Å². The first kappa shape index (κ1) is 22.1. The van der Waals surface area contributed by atoms with E-state index in [0.717, 1.165) is 52.7 Å². The summed E-state index contributed by atoms with van der Waals surface area (Å²) in [7, 11) is -4.94. The first-order valence-corrected chi connectivity index (χ1v) is 12.3. The van der Waals surface area contributed by atoms with E-state index in [0.29, 0.717) is 0 Å². The number of aromatic nitrogens is 1. The minimum atomic E-state index is -4.94. The van der Waals surface area contributed by atoms with Crippen LogP contribution < -0.4 is 33.9 Å². The predicted octanol–water partition coefficient (Wildman–Crippen LogP) is -1.97. The molecule has 0 fully saturated rings. The minimum Gasteiger partial charge on any atom is -0.452 e. The van der Waals surface area contributed by atoms with E-state index in [2.05, 4.69) is 53.2 Å². The number of hydrogen-bond donors (Lipinski definition) is 1. The molecule has 8 nitrogen and oxygen atoms in total. The molecule has 3 heterocycles. The van der Waals surface area contributed by atoms with Gasteiger partial charge in [-0.2, -0.15) is 0 Å². The molecule has 1 N–H and O–H groups in total. The van der Waals surface area contributed by atoms with Crippen LogP contribution >= 0.6 is 0 Å². The maximum atomic E-state index is 8.49. The molecule has 2 aromatic carbocycles. The highest BCUT2D eigenvalue weighted by Gasteiger charge is 2.28. The van der Waals surface area contributed by atoms with Crippen LogP contribution in [0.1, 0.15) is 30.9 Å². The van der Waals surface area contributed by atoms with Gasteiger partial charge in [-0.3, -0.25) is 0 Å². The molecule has 172 valence electrons. The fraction of sp³-hybridized carbons (Fsp3) is 0.333. The molecule has 0 aromatic heterocycles. The molecule has 4 aliphatic rings. The molecular formula is C24H24ClN3O5. The van der Waals surface area contributed by atoms with Gasteiger partial charge < -0.3 is 9.32 Å². The zero-order valence-electron chi connectivity index (χ0n) is 18.2. The van der Waals surface area contributed by atoms with Crippen LogP contribution in [0.3, 0.4) is 0 Å². The number of fused-ring (bicyclic) bond motifs is 5. The highest BCUT2D eigenvalue weighted by Crippen LogP contribution is 2.41. The Balaban J connectivity index is 0.000000416. The van der Waals surface area contributed by atoms with Crippen molar-refractivity contribution in [2.75, 3.05) is 24.5 Å². The van der Waals surface area contributed by atoms with Crippen molar-refractivity contribution in [3.63, 3.8) is 0 Å². The number of rotatable bonds is 1. The summed E-state index contributed by atoms with van der Waals surface area (Å²) in [4.78, 5) is 11.2. The van der Waals surface area contributed by atoms with Crippen molar-refractivity contribution in [1.29, 1.82) is 0 Å². The van der Waals surface area contributed by atoms with Crippen molar-refractivity contribution in [1.82, 2.24) is 4.98 Å². The van der Waals surface area contributed by atoms with E-state index >= 15 is 0 Å². The number of halogens is 1. The lowest BCUT2D eigenvalue weighted by Crippen LogP contribution is -2.76. The normalized spacial score (nSPS) is 16.2. The second-order valence-electron chi connectivity index (χ2n) is 8.34. The standard InChI is InChI=1S/C24H23N3O.ClHO4/c1-2-25-19-14-21-22(17-9-4-3-8-16(17)19)26-20-13-15-7-5-11-27-12-6-10-18(23(15)27)24(20)28-21;2-1(3,4)5/h3-4,8-9,13-14H,2,5-7,10-12H2,1H3;(H,2,3,4,5). The van der Waals surface area contributed by atoms with Crippen LogP contribution in [0.2, 0.25) is 0 Å². The quantitative estimate of drug-likeness (QED) is 0.252. The third kappa shape index (κ3) is 4.28.